The lowest BCUT2D eigenvalue weighted by molar-refractivity contribution is -0.127. The van der Waals surface area contributed by atoms with Crippen molar-refractivity contribution in [1.82, 2.24) is 15.5 Å². The van der Waals surface area contributed by atoms with Crippen molar-refractivity contribution in [1.29, 1.82) is 0 Å². The number of likely N-dealkylation sites (N-methyl/N-ethyl adjacent to an activating group) is 1. The molecular formula is C13H27N3O. The third-order valence-electron chi connectivity index (χ3n) is 4.17. The van der Waals surface area contributed by atoms with Gasteiger partial charge in [-0.15, -0.1) is 0 Å². The number of nitrogens with zero attached hydrogens (tertiary/aromatic N) is 1. The smallest absolute Gasteiger partial charge is 0.240 e. The summed E-state index contributed by atoms with van der Waals surface area (Å²) in [4.78, 5) is 14.4. The quantitative estimate of drug-likeness (QED) is 0.754. The monoisotopic (exact) mass is 241 g/mol. The third kappa shape index (κ3) is 3.19. The average Bonchev–Trinajstić information content (AvgIpc) is 2.75. The van der Waals surface area contributed by atoms with E-state index in [1.807, 2.05) is 14.1 Å². The standard InChI is InChI=1S/C13H27N3O/c1-6-13(8-7-9-15-13)11(17)14-10-12(2,3)16(4)5/h15H,6-10H2,1-5H3,(H,14,17). The first kappa shape index (κ1) is 14.5. The van der Waals surface area contributed by atoms with Crippen LogP contribution >= 0.6 is 0 Å². The predicted molar refractivity (Wildman–Crippen MR) is 71.0 cm³/mol. The van der Waals surface area contributed by atoms with Gasteiger partial charge >= 0.3 is 0 Å². The largest absolute Gasteiger partial charge is 0.353 e. The van der Waals surface area contributed by atoms with E-state index in [1.165, 1.54) is 0 Å². The molecule has 0 aromatic heterocycles. The second-order valence-corrected chi connectivity index (χ2v) is 5.86. The Morgan fingerprint density at radius 2 is 2.12 bits per heavy atom. The molecule has 1 fully saturated rings. The molecule has 1 heterocycles. The summed E-state index contributed by atoms with van der Waals surface area (Å²) in [6, 6.07) is 0. The Balaban J connectivity index is 2.54. The maximum atomic E-state index is 12.3. The molecule has 0 saturated carbocycles. The van der Waals surface area contributed by atoms with Gasteiger partial charge < -0.3 is 15.5 Å². The molecule has 0 spiro atoms. The van der Waals surface area contributed by atoms with Gasteiger partial charge in [-0.25, -0.2) is 0 Å². The number of hydrogen-bond donors (Lipinski definition) is 2. The van der Waals surface area contributed by atoms with E-state index in [-0.39, 0.29) is 17.0 Å². The number of rotatable bonds is 5. The zero-order valence-corrected chi connectivity index (χ0v) is 11.9. The third-order valence-corrected chi connectivity index (χ3v) is 4.17. The molecule has 1 unspecified atom stereocenters. The Kier molecular flexibility index (Phi) is 4.55. The van der Waals surface area contributed by atoms with Gasteiger partial charge in [0.25, 0.3) is 0 Å². The van der Waals surface area contributed by atoms with Crippen LogP contribution in [0.1, 0.15) is 40.0 Å². The molecule has 1 rings (SSSR count). The minimum Gasteiger partial charge on any atom is -0.353 e. The van der Waals surface area contributed by atoms with Crippen LogP contribution in [0.15, 0.2) is 0 Å². The lowest BCUT2D eigenvalue weighted by Crippen LogP contribution is -2.57. The van der Waals surface area contributed by atoms with Gasteiger partial charge in [0.1, 0.15) is 0 Å². The second-order valence-electron chi connectivity index (χ2n) is 5.86. The van der Waals surface area contributed by atoms with Gasteiger partial charge in [-0.3, -0.25) is 4.79 Å². The molecule has 1 aliphatic rings. The highest BCUT2D eigenvalue weighted by Gasteiger charge is 2.39. The lowest BCUT2D eigenvalue weighted by Gasteiger charge is -2.35. The van der Waals surface area contributed by atoms with Gasteiger partial charge in [0.15, 0.2) is 0 Å². The highest BCUT2D eigenvalue weighted by Crippen LogP contribution is 2.23. The van der Waals surface area contributed by atoms with E-state index in [0.717, 1.165) is 25.8 Å². The summed E-state index contributed by atoms with van der Waals surface area (Å²) >= 11 is 0. The molecule has 4 nitrogen and oxygen atoms in total. The van der Waals surface area contributed by atoms with E-state index in [1.54, 1.807) is 0 Å². The predicted octanol–water partition coefficient (Wildman–Crippen LogP) is 0.975. The summed E-state index contributed by atoms with van der Waals surface area (Å²) in [5.74, 6) is 0.160. The van der Waals surface area contributed by atoms with Gasteiger partial charge in [-0.2, -0.15) is 0 Å². The summed E-state index contributed by atoms with van der Waals surface area (Å²) in [5.41, 5.74) is -0.328. The zero-order valence-electron chi connectivity index (χ0n) is 11.9. The first-order chi connectivity index (χ1) is 7.84. The molecule has 4 heteroatoms. The van der Waals surface area contributed by atoms with Crippen LogP contribution < -0.4 is 10.6 Å². The summed E-state index contributed by atoms with van der Waals surface area (Å²) in [6.45, 7) is 7.98. The van der Waals surface area contributed by atoms with Gasteiger partial charge in [0, 0.05) is 12.1 Å². The minimum atomic E-state index is -0.317. The molecule has 0 aliphatic carbocycles. The number of amides is 1. The van der Waals surface area contributed by atoms with Gasteiger partial charge in [-0.1, -0.05) is 6.92 Å². The number of nitrogens with one attached hydrogen (secondary N) is 2. The molecular weight excluding hydrogens is 214 g/mol. The van der Waals surface area contributed by atoms with Crippen LogP contribution in [-0.4, -0.2) is 49.1 Å². The summed E-state index contributed by atoms with van der Waals surface area (Å²) in [6.07, 6.45) is 2.91. The van der Waals surface area contributed by atoms with Crippen molar-refractivity contribution < 1.29 is 4.79 Å². The summed E-state index contributed by atoms with van der Waals surface area (Å²) < 4.78 is 0. The molecule has 0 aromatic carbocycles. The maximum absolute atomic E-state index is 12.3. The topological polar surface area (TPSA) is 44.4 Å². The molecule has 0 radical (unpaired) electrons. The van der Waals surface area contributed by atoms with Crippen molar-refractivity contribution in [2.75, 3.05) is 27.2 Å². The fourth-order valence-electron chi connectivity index (χ4n) is 2.09. The van der Waals surface area contributed by atoms with Crippen LogP contribution in [0.25, 0.3) is 0 Å². The van der Waals surface area contributed by atoms with Crippen molar-refractivity contribution in [3.63, 3.8) is 0 Å². The fourth-order valence-corrected chi connectivity index (χ4v) is 2.09. The normalized spacial score (nSPS) is 25.3. The Hall–Kier alpha value is -0.610. The molecule has 1 aliphatic heterocycles. The van der Waals surface area contributed by atoms with E-state index in [4.69, 9.17) is 0 Å². The van der Waals surface area contributed by atoms with Crippen molar-refractivity contribution >= 4 is 5.91 Å². The van der Waals surface area contributed by atoms with E-state index < -0.39 is 0 Å². The zero-order chi connectivity index (χ0) is 13.1. The molecule has 1 saturated heterocycles. The number of carbonyl (C=O) groups excluding carboxylic acids is 1. The highest BCUT2D eigenvalue weighted by atomic mass is 16.2. The Morgan fingerprint density at radius 1 is 1.47 bits per heavy atom. The Bertz CT molecular complexity index is 268. The summed E-state index contributed by atoms with van der Waals surface area (Å²) in [5, 5.41) is 6.45. The van der Waals surface area contributed by atoms with Crippen molar-refractivity contribution in [3.8, 4) is 0 Å². The number of hydrogen-bond acceptors (Lipinski definition) is 3. The fraction of sp³-hybridized carbons (Fsp3) is 0.923. The van der Waals surface area contributed by atoms with Gasteiger partial charge in [0.2, 0.25) is 5.91 Å². The molecule has 100 valence electrons. The maximum Gasteiger partial charge on any atom is 0.240 e. The Labute approximate surface area is 105 Å². The second kappa shape index (κ2) is 5.36. The molecule has 0 aromatic rings. The van der Waals surface area contributed by atoms with Crippen molar-refractivity contribution in [3.05, 3.63) is 0 Å². The molecule has 1 atom stereocenters. The van der Waals surface area contributed by atoms with E-state index in [9.17, 15) is 4.79 Å². The Morgan fingerprint density at radius 3 is 2.53 bits per heavy atom. The van der Waals surface area contributed by atoms with Gasteiger partial charge in [0.05, 0.1) is 5.54 Å². The highest BCUT2D eigenvalue weighted by molar-refractivity contribution is 5.86. The van der Waals surface area contributed by atoms with Crippen molar-refractivity contribution in [2.45, 2.75) is 51.1 Å². The molecule has 2 N–H and O–H groups in total. The molecule has 1 amide bonds. The van der Waals surface area contributed by atoms with Crippen LogP contribution in [-0.2, 0) is 4.79 Å². The van der Waals surface area contributed by atoms with Crippen LogP contribution in [0.4, 0.5) is 0 Å². The number of carbonyl (C=O) groups is 1. The van der Waals surface area contributed by atoms with Crippen LogP contribution in [0.5, 0.6) is 0 Å². The van der Waals surface area contributed by atoms with E-state index in [2.05, 4.69) is 36.3 Å². The first-order valence-electron chi connectivity index (χ1n) is 6.55. The van der Waals surface area contributed by atoms with Crippen LogP contribution in [0, 0.1) is 0 Å². The van der Waals surface area contributed by atoms with Crippen LogP contribution in [0.3, 0.4) is 0 Å². The van der Waals surface area contributed by atoms with Crippen molar-refractivity contribution in [2.24, 2.45) is 0 Å². The SMILES string of the molecule is CCC1(C(=O)NCC(C)(C)N(C)C)CCCN1. The van der Waals surface area contributed by atoms with E-state index >= 15 is 0 Å². The minimum absolute atomic E-state index is 0.0107. The summed E-state index contributed by atoms with van der Waals surface area (Å²) in [7, 11) is 4.07. The van der Waals surface area contributed by atoms with E-state index in [0.29, 0.717) is 6.54 Å². The average molecular weight is 241 g/mol. The first-order valence-corrected chi connectivity index (χ1v) is 6.55. The van der Waals surface area contributed by atoms with Crippen LogP contribution in [0.2, 0.25) is 0 Å². The van der Waals surface area contributed by atoms with Gasteiger partial charge in [-0.05, 0) is 53.8 Å². The lowest BCUT2D eigenvalue weighted by atomic mass is 9.92. The molecule has 0 bridgehead atoms. The molecule has 17 heavy (non-hydrogen) atoms.